The molecular formula is C20H19N3O4. The summed E-state index contributed by atoms with van der Waals surface area (Å²) in [5.41, 5.74) is 2.42. The molecule has 1 fully saturated rings. The van der Waals surface area contributed by atoms with Crippen LogP contribution in [-0.4, -0.2) is 16.4 Å². The summed E-state index contributed by atoms with van der Waals surface area (Å²) in [6, 6.07) is 14.1. The van der Waals surface area contributed by atoms with Crippen LogP contribution < -0.4 is 16.4 Å². The summed E-state index contributed by atoms with van der Waals surface area (Å²) in [5.74, 6) is -0.567. The number of aromatic nitrogens is 1. The number of carbonyl (C=O) groups excluding carboxylic acids is 2. The number of oxazole rings is 1. The first kappa shape index (κ1) is 17.1. The third-order valence-corrected chi connectivity index (χ3v) is 4.50. The van der Waals surface area contributed by atoms with Crippen molar-refractivity contribution in [1.29, 1.82) is 0 Å². The van der Waals surface area contributed by atoms with E-state index in [0.29, 0.717) is 22.5 Å². The summed E-state index contributed by atoms with van der Waals surface area (Å²) in [6.07, 6.45) is 2.00. The highest BCUT2D eigenvalue weighted by Crippen LogP contribution is 2.30. The summed E-state index contributed by atoms with van der Waals surface area (Å²) >= 11 is 0. The van der Waals surface area contributed by atoms with Gasteiger partial charge in [-0.1, -0.05) is 18.2 Å². The van der Waals surface area contributed by atoms with Crippen LogP contribution in [0.25, 0.3) is 11.1 Å². The number of benzene rings is 2. The Morgan fingerprint density at radius 1 is 1.04 bits per heavy atom. The van der Waals surface area contributed by atoms with Gasteiger partial charge in [-0.15, -0.1) is 0 Å². The molecule has 0 spiro atoms. The third-order valence-electron chi connectivity index (χ3n) is 4.50. The van der Waals surface area contributed by atoms with Gasteiger partial charge < -0.3 is 15.1 Å². The molecule has 7 nitrogen and oxygen atoms in total. The zero-order valence-corrected chi connectivity index (χ0v) is 14.6. The molecule has 1 saturated carbocycles. The maximum Gasteiger partial charge on any atom is 0.419 e. The van der Waals surface area contributed by atoms with E-state index in [9.17, 15) is 14.4 Å². The molecule has 27 heavy (non-hydrogen) atoms. The molecule has 4 rings (SSSR count). The van der Waals surface area contributed by atoms with Crippen LogP contribution in [0.1, 0.15) is 19.3 Å². The van der Waals surface area contributed by atoms with Gasteiger partial charge in [-0.05, 0) is 43.2 Å². The fourth-order valence-electron chi connectivity index (χ4n) is 2.93. The van der Waals surface area contributed by atoms with Crippen molar-refractivity contribution in [3.63, 3.8) is 0 Å². The Kier molecular flexibility index (Phi) is 4.50. The predicted molar refractivity (Wildman–Crippen MR) is 102 cm³/mol. The number of aryl methyl sites for hydroxylation is 1. The zero-order valence-electron chi connectivity index (χ0n) is 14.6. The van der Waals surface area contributed by atoms with Gasteiger partial charge in [-0.2, -0.15) is 0 Å². The quantitative estimate of drug-likeness (QED) is 0.702. The lowest BCUT2D eigenvalue weighted by Gasteiger charge is -2.09. The van der Waals surface area contributed by atoms with Crippen molar-refractivity contribution in [3.8, 4) is 0 Å². The lowest BCUT2D eigenvalue weighted by molar-refractivity contribution is -0.117. The first-order chi connectivity index (χ1) is 13.1. The normalized spacial score (nSPS) is 13.5. The minimum absolute atomic E-state index is 0.0182. The molecule has 138 valence electrons. The number of nitrogens with one attached hydrogen (secondary N) is 2. The van der Waals surface area contributed by atoms with Crippen LogP contribution in [0.5, 0.6) is 0 Å². The van der Waals surface area contributed by atoms with Crippen molar-refractivity contribution in [1.82, 2.24) is 4.57 Å². The van der Waals surface area contributed by atoms with Crippen LogP contribution in [-0.2, 0) is 16.1 Å². The summed E-state index contributed by atoms with van der Waals surface area (Å²) in [7, 11) is 0. The van der Waals surface area contributed by atoms with Gasteiger partial charge in [0, 0.05) is 30.3 Å². The number of hydrogen-bond acceptors (Lipinski definition) is 4. The molecule has 3 aromatic rings. The summed E-state index contributed by atoms with van der Waals surface area (Å²) in [4.78, 5) is 36.0. The molecule has 2 aromatic carbocycles. The van der Waals surface area contributed by atoms with Gasteiger partial charge in [-0.3, -0.25) is 14.2 Å². The largest absolute Gasteiger partial charge is 0.419 e. The Bertz CT molecular complexity index is 1060. The monoisotopic (exact) mass is 365 g/mol. The van der Waals surface area contributed by atoms with Crippen LogP contribution in [0, 0.1) is 5.92 Å². The maximum atomic E-state index is 12.3. The van der Waals surface area contributed by atoms with Crippen LogP contribution in [0.3, 0.4) is 0 Å². The summed E-state index contributed by atoms with van der Waals surface area (Å²) in [5, 5.41) is 5.65. The van der Waals surface area contributed by atoms with Crippen LogP contribution in [0.2, 0.25) is 0 Å². The number of amides is 2. The lowest BCUT2D eigenvalue weighted by Crippen LogP contribution is -2.20. The Hall–Kier alpha value is -3.35. The number of rotatable bonds is 6. The molecule has 0 saturated heterocycles. The van der Waals surface area contributed by atoms with Crippen LogP contribution >= 0.6 is 0 Å². The highest BCUT2D eigenvalue weighted by Gasteiger charge is 2.29. The SMILES string of the molecule is O=C(CCn1c(=O)oc2ccccc21)Nc1cccc(NC(=O)C2CC2)c1. The van der Waals surface area contributed by atoms with E-state index in [1.807, 2.05) is 6.07 Å². The van der Waals surface area contributed by atoms with E-state index in [1.54, 1.807) is 42.5 Å². The first-order valence-corrected chi connectivity index (χ1v) is 8.89. The number of fused-ring (bicyclic) bond motifs is 1. The lowest BCUT2D eigenvalue weighted by atomic mass is 10.2. The van der Waals surface area contributed by atoms with E-state index in [1.165, 1.54) is 4.57 Å². The smallest absolute Gasteiger partial charge is 0.408 e. The Labute approximate surface area is 155 Å². The Morgan fingerprint density at radius 2 is 1.78 bits per heavy atom. The molecule has 1 aliphatic rings. The molecule has 0 radical (unpaired) electrons. The molecule has 1 aromatic heterocycles. The molecule has 7 heteroatoms. The molecule has 0 atom stereocenters. The standard InChI is InChI=1S/C20H19N3O4/c24-18(10-11-23-16-6-1-2-7-17(16)27-20(23)26)21-14-4-3-5-15(12-14)22-19(25)13-8-9-13/h1-7,12-13H,8-11H2,(H,21,24)(H,22,25). The summed E-state index contributed by atoms with van der Waals surface area (Å²) in [6.45, 7) is 0.222. The fourth-order valence-corrected chi connectivity index (χ4v) is 2.93. The molecule has 2 N–H and O–H groups in total. The predicted octanol–water partition coefficient (Wildman–Crippen LogP) is 2.97. The van der Waals surface area contributed by atoms with Crippen molar-refractivity contribution in [2.45, 2.75) is 25.8 Å². The number of carbonyl (C=O) groups is 2. The number of para-hydroxylation sites is 2. The minimum atomic E-state index is -0.478. The van der Waals surface area contributed by atoms with E-state index in [2.05, 4.69) is 10.6 Å². The number of hydrogen-bond donors (Lipinski definition) is 2. The van der Waals surface area contributed by atoms with Crippen molar-refractivity contribution in [2.24, 2.45) is 5.92 Å². The van der Waals surface area contributed by atoms with Gasteiger partial charge in [0.2, 0.25) is 11.8 Å². The van der Waals surface area contributed by atoms with E-state index >= 15 is 0 Å². The van der Waals surface area contributed by atoms with Gasteiger partial charge in [0.25, 0.3) is 0 Å². The van der Waals surface area contributed by atoms with Crippen molar-refractivity contribution in [2.75, 3.05) is 10.6 Å². The van der Waals surface area contributed by atoms with Crippen LogP contribution in [0.4, 0.5) is 11.4 Å². The van der Waals surface area contributed by atoms with Crippen molar-refractivity contribution >= 4 is 34.3 Å². The van der Waals surface area contributed by atoms with Gasteiger partial charge in [-0.25, -0.2) is 4.79 Å². The van der Waals surface area contributed by atoms with E-state index in [4.69, 9.17) is 4.42 Å². The van der Waals surface area contributed by atoms with E-state index in [-0.39, 0.29) is 30.7 Å². The number of nitrogens with zero attached hydrogens (tertiary/aromatic N) is 1. The summed E-state index contributed by atoms with van der Waals surface area (Å²) < 4.78 is 6.61. The highest BCUT2D eigenvalue weighted by molar-refractivity contribution is 5.96. The van der Waals surface area contributed by atoms with Gasteiger partial charge in [0.05, 0.1) is 5.52 Å². The molecule has 1 aliphatic carbocycles. The van der Waals surface area contributed by atoms with Gasteiger partial charge in [0.1, 0.15) is 0 Å². The second-order valence-corrected chi connectivity index (χ2v) is 6.63. The number of anilines is 2. The molecular weight excluding hydrogens is 346 g/mol. The molecule has 0 unspecified atom stereocenters. The maximum absolute atomic E-state index is 12.3. The Morgan fingerprint density at radius 3 is 2.56 bits per heavy atom. The second-order valence-electron chi connectivity index (χ2n) is 6.63. The molecule has 0 aliphatic heterocycles. The van der Waals surface area contributed by atoms with Crippen LogP contribution in [0.15, 0.2) is 57.7 Å². The van der Waals surface area contributed by atoms with Gasteiger partial charge in [0.15, 0.2) is 5.58 Å². The van der Waals surface area contributed by atoms with Gasteiger partial charge >= 0.3 is 5.76 Å². The minimum Gasteiger partial charge on any atom is -0.408 e. The Balaban J connectivity index is 1.38. The average Bonchev–Trinajstić information content (AvgIpc) is 3.44. The highest BCUT2D eigenvalue weighted by atomic mass is 16.4. The van der Waals surface area contributed by atoms with Crippen molar-refractivity contribution < 1.29 is 14.0 Å². The molecule has 2 amide bonds. The first-order valence-electron chi connectivity index (χ1n) is 8.89. The average molecular weight is 365 g/mol. The third kappa shape index (κ3) is 3.92. The topological polar surface area (TPSA) is 93.3 Å². The van der Waals surface area contributed by atoms with E-state index < -0.39 is 5.76 Å². The fraction of sp³-hybridized carbons (Fsp3) is 0.250. The molecule has 0 bridgehead atoms. The van der Waals surface area contributed by atoms with E-state index in [0.717, 1.165) is 12.8 Å². The zero-order chi connectivity index (χ0) is 18.8. The molecule has 1 heterocycles. The van der Waals surface area contributed by atoms with Crippen molar-refractivity contribution in [3.05, 3.63) is 59.1 Å². The second kappa shape index (κ2) is 7.11.